The lowest BCUT2D eigenvalue weighted by molar-refractivity contribution is -0.167. The third-order valence-electron chi connectivity index (χ3n) is 14.1. The zero-order valence-corrected chi connectivity index (χ0v) is 50.3. The van der Waals surface area contributed by atoms with Gasteiger partial charge in [0, 0.05) is 19.3 Å². The molecule has 0 rings (SSSR count). The van der Waals surface area contributed by atoms with Gasteiger partial charge in [0.25, 0.3) is 0 Å². The molecule has 0 aromatic heterocycles. The van der Waals surface area contributed by atoms with Gasteiger partial charge in [-0.15, -0.1) is 0 Å². The highest BCUT2D eigenvalue weighted by Crippen LogP contribution is 2.17. The smallest absolute Gasteiger partial charge is 0.306 e. The lowest BCUT2D eigenvalue weighted by Gasteiger charge is -2.18. The Kier molecular flexibility index (Phi) is 61.2. The molecular weight excluding hydrogens is 937 g/mol. The van der Waals surface area contributed by atoms with Crippen LogP contribution in [0.4, 0.5) is 0 Å². The van der Waals surface area contributed by atoms with Crippen molar-refractivity contribution in [2.24, 2.45) is 0 Å². The highest BCUT2D eigenvalue weighted by molar-refractivity contribution is 5.71. The number of hydrogen-bond donors (Lipinski definition) is 0. The summed E-state index contributed by atoms with van der Waals surface area (Å²) in [6.45, 7) is 6.51. The van der Waals surface area contributed by atoms with Gasteiger partial charge >= 0.3 is 17.9 Å². The van der Waals surface area contributed by atoms with Gasteiger partial charge in [-0.1, -0.05) is 292 Å². The maximum atomic E-state index is 12.8. The van der Waals surface area contributed by atoms with Gasteiger partial charge in [-0.25, -0.2) is 0 Å². The van der Waals surface area contributed by atoms with E-state index in [1.165, 1.54) is 173 Å². The van der Waals surface area contributed by atoms with Crippen molar-refractivity contribution in [3.05, 3.63) is 85.1 Å². The molecule has 438 valence electrons. The summed E-state index contributed by atoms with van der Waals surface area (Å²) in [4.78, 5) is 38.1. The Bertz CT molecular complexity index is 1450. The third kappa shape index (κ3) is 61.4. The van der Waals surface area contributed by atoms with E-state index >= 15 is 0 Å². The Balaban J connectivity index is 4.05. The van der Waals surface area contributed by atoms with Gasteiger partial charge < -0.3 is 14.2 Å². The molecule has 0 heterocycles. The Labute approximate surface area is 471 Å². The number of unbranched alkanes of at least 4 members (excludes halogenated alkanes) is 34. The normalized spacial score (nSPS) is 12.6. The fourth-order valence-electron chi connectivity index (χ4n) is 9.27. The van der Waals surface area contributed by atoms with Crippen LogP contribution in [-0.4, -0.2) is 37.2 Å². The summed E-state index contributed by atoms with van der Waals surface area (Å²) in [5, 5.41) is 0. The molecule has 0 fully saturated rings. The van der Waals surface area contributed by atoms with Crippen molar-refractivity contribution in [1.29, 1.82) is 0 Å². The van der Waals surface area contributed by atoms with Crippen molar-refractivity contribution >= 4 is 17.9 Å². The molecular formula is C70H122O6. The lowest BCUT2D eigenvalue weighted by atomic mass is 10.0. The molecule has 0 spiro atoms. The number of rotatable bonds is 59. The summed E-state index contributed by atoms with van der Waals surface area (Å²) in [7, 11) is 0. The molecule has 0 bridgehead atoms. The van der Waals surface area contributed by atoms with E-state index in [0.29, 0.717) is 19.3 Å². The third-order valence-corrected chi connectivity index (χ3v) is 14.1. The van der Waals surface area contributed by atoms with Gasteiger partial charge in [-0.2, -0.15) is 0 Å². The largest absolute Gasteiger partial charge is 0.462 e. The standard InChI is InChI=1S/C70H122O6/c1-4-7-10-13-16-19-22-24-25-26-27-28-29-30-31-32-33-34-35-36-37-38-39-40-41-42-43-44-45-46-49-51-54-57-60-63-69(72)75-66-67(65-74-68(71)62-59-56-53-50-47-21-18-15-12-9-6-3)76-70(73)64-61-58-55-52-48-23-20-17-14-11-8-5-2/h7,10,16-17,19-20,24-25,27-28,30-31,33-34,67H,4-6,8-9,11-15,18,21-23,26,29,32,35-66H2,1-3H3/b10-7-,19-16-,20-17-,25-24-,28-27-,31-30-,34-33-. The van der Waals surface area contributed by atoms with Crippen LogP contribution in [0.5, 0.6) is 0 Å². The topological polar surface area (TPSA) is 78.9 Å². The molecule has 1 atom stereocenters. The molecule has 0 aliphatic heterocycles. The number of hydrogen-bond acceptors (Lipinski definition) is 6. The Morgan fingerprint density at radius 1 is 0.276 bits per heavy atom. The minimum Gasteiger partial charge on any atom is -0.462 e. The van der Waals surface area contributed by atoms with E-state index in [9.17, 15) is 14.4 Å². The van der Waals surface area contributed by atoms with E-state index in [1.807, 2.05) is 0 Å². The second-order valence-corrected chi connectivity index (χ2v) is 21.6. The summed E-state index contributed by atoms with van der Waals surface area (Å²) < 4.78 is 16.9. The van der Waals surface area contributed by atoms with Crippen molar-refractivity contribution in [3.8, 4) is 0 Å². The van der Waals surface area contributed by atoms with Crippen LogP contribution in [-0.2, 0) is 28.6 Å². The van der Waals surface area contributed by atoms with Gasteiger partial charge in [0.15, 0.2) is 6.10 Å². The average molecular weight is 1060 g/mol. The quantitative estimate of drug-likeness (QED) is 0.0261. The van der Waals surface area contributed by atoms with Crippen LogP contribution in [0.15, 0.2) is 85.1 Å². The molecule has 0 aliphatic rings. The fraction of sp³-hybridized carbons (Fsp3) is 0.757. The number of carbonyl (C=O) groups excluding carboxylic acids is 3. The molecule has 0 radical (unpaired) electrons. The first-order valence-electron chi connectivity index (χ1n) is 32.6. The van der Waals surface area contributed by atoms with E-state index in [0.717, 1.165) is 109 Å². The first-order chi connectivity index (χ1) is 37.5. The van der Waals surface area contributed by atoms with Gasteiger partial charge in [0.05, 0.1) is 0 Å². The molecule has 6 nitrogen and oxygen atoms in total. The molecule has 76 heavy (non-hydrogen) atoms. The van der Waals surface area contributed by atoms with Crippen LogP contribution in [0.1, 0.15) is 323 Å². The molecule has 0 saturated heterocycles. The first-order valence-corrected chi connectivity index (χ1v) is 32.6. The minimum absolute atomic E-state index is 0.0742. The van der Waals surface area contributed by atoms with Crippen LogP contribution in [0.25, 0.3) is 0 Å². The van der Waals surface area contributed by atoms with Crippen LogP contribution in [0, 0.1) is 0 Å². The zero-order chi connectivity index (χ0) is 55.0. The van der Waals surface area contributed by atoms with E-state index in [-0.39, 0.29) is 31.1 Å². The van der Waals surface area contributed by atoms with Crippen molar-refractivity contribution in [1.82, 2.24) is 0 Å². The number of esters is 3. The number of allylic oxidation sites excluding steroid dienone is 14. The second kappa shape index (κ2) is 64.1. The van der Waals surface area contributed by atoms with Crippen molar-refractivity contribution in [3.63, 3.8) is 0 Å². The van der Waals surface area contributed by atoms with E-state index in [4.69, 9.17) is 14.2 Å². The molecule has 0 aromatic rings. The summed E-state index contributed by atoms with van der Waals surface area (Å²) in [6.07, 6.45) is 84.7. The maximum absolute atomic E-state index is 12.8. The van der Waals surface area contributed by atoms with Crippen LogP contribution < -0.4 is 0 Å². The molecule has 0 N–H and O–H groups in total. The minimum atomic E-state index is -0.776. The molecule has 0 amide bonds. The van der Waals surface area contributed by atoms with Gasteiger partial charge in [0.2, 0.25) is 0 Å². The van der Waals surface area contributed by atoms with Crippen molar-refractivity contribution in [2.45, 2.75) is 329 Å². The van der Waals surface area contributed by atoms with Crippen LogP contribution >= 0.6 is 0 Å². The molecule has 1 unspecified atom stereocenters. The first kappa shape index (κ1) is 72.6. The fourth-order valence-corrected chi connectivity index (χ4v) is 9.27. The van der Waals surface area contributed by atoms with E-state index < -0.39 is 6.10 Å². The SMILES string of the molecule is CC/C=C\C/C=C\C/C=C\C/C=C\C/C=C\C/C=C\CCCCCCCCCCCCCCCCCCC(=O)OCC(COC(=O)CCCCCCCCCCCCC)OC(=O)CCCCCCC/C=C\CCCCC. The number of carbonyl (C=O) groups is 3. The highest BCUT2D eigenvalue weighted by Gasteiger charge is 2.19. The van der Waals surface area contributed by atoms with Crippen molar-refractivity contribution < 1.29 is 28.6 Å². The van der Waals surface area contributed by atoms with Crippen LogP contribution in [0.3, 0.4) is 0 Å². The average Bonchev–Trinajstić information content (AvgIpc) is 3.42. The Morgan fingerprint density at radius 3 is 0.842 bits per heavy atom. The maximum Gasteiger partial charge on any atom is 0.306 e. The zero-order valence-electron chi connectivity index (χ0n) is 50.3. The lowest BCUT2D eigenvalue weighted by Crippen LogP contribution is -2.30. The summed E-state index contributed by atoms with van der Waals surface area (Å²) in [5.74, 6) is -0.872. The van der Waals surface area contributed by atoms with E-state index in [1.54, 1.807) is 0 Å². The molecule has 0 aromatic carbocycles. The van der Waals surface area contributed by atoms with Gasteiger partial charge in [-0.05, 0) is 96.3 Å². The van der Waals surface area contributed by atoms with Gasteiger partial charge in [0.1, 0.15) is 13.2 Å². The van der Waals surface area contributed by atoms with Gasteiger partial charge in [-0.3, -0.25) is 14.4 Å². The Morgan fingerprint density at radius 2 is 0.513 bits per heavy atom. The molecule has 0 aliphatic carbocycles. The summed E-state index contributed by atoms with van der Waals surface area (Å²) in [5.41, 5.74) is 0. The monoisotopic (exact) mass is 1060 g/mol. The molecule has 0 saturated carbocycles. The van der Waals surface area contributed by atoms with Crippen LogP contribution in [0.2, 0.25) is 0 Å². The molecule has 6 heteroatoms. The van der Waals surface area contributed by atoms with E-state index in [2.05, 4.69) is 106 Å². The predicted octanol–water partition coefficient (Wildman–Crippen LogP) is 22.3. The van der Waals surface area contributed by atoms with Crippen molar-refractivity contribution in [2.75, 3.05) is 13.2 Å². The highest BCUT2D eigenvalue weighted by atomic mass is 16.6. The number of ether oxygens (including phenoxy) is 3. The summed E-state index contributed by atoms with van der Waals surface area (Å²) >= 11 is 0. The predicted molar refractivity (Wildman–Crippen MR) is 330 cm³/mol. The Hall–Kier alpha value is -3.41. The summed E-state index contributed by atoms with van der Waals surface area (Å²) in [6, 6.07) is 0. The second-order valence-electron chi connectivity index (χ2n) is 21.6.